The summed E-state index contributed by atoms with van der Waals surface area (Å²) in [6, 6.07) is 9.32. The highest BCUT2D eigenvalue weighted by atomic mass is 32.2. The van der Waals surface area contributed by atoms with Crippen molar-refractivity contribution in [2.45, 2.75) is 0 Å². The standard InChI is InChI=1S/C19H12N2O7S/c22-15-14(5-9-1-3-10(4-2-9)16(23)24)29-19(21-15)20-13-7-11(17(25)26)6-12(8-13)18(27)28/h1-8H,(H,23,24)(H,25,26)(H,27,28)(H,20,21,22)/b14-5-. The molecule has 2 aromatic carbocycles. The lowest BCUT2D eigenvalue weighted by Crippen LogP contribution is -2.19. The number of carboxylic acids is 3. The molecule has 3 rings (SSSR count). The zero-order chi connectivity index (χ0) is 21.1. The molecule has 0 aromatic heterocycles. The van der Waals surface area contributed by atoms with Crippen molar-refractivity contribution in [1.29, 1.82) is 0 Å². The third-order valence-electron chi connectivity index (χ3n) is 3.75. The zero-order valence-corrected chi connectivity index (χ0v) is 15.3. The van der Waals surface area contributed by atoms with Crippen LogP contribution in [0.4, 0.5) is 5.69 Å². The van der Waals surface area contributed by atoms with Crippen molar-refractivity contribution >= 4 is 52.5 Å². The van der Waals surface area contributed by atoms with Gasteiger partial charge in [-0.2, -0.15) is 0 Å². The predicted octanol–water partition coefficient (Wildman–Crippen LogP) is 2.67. The molecule has 1 fully saturated rings. The smallest absolute Gasteiger partial charge is 0.335 e. The number of benzene rings is 2. The van der Waals surface area contributed by atoms with Gasteiger partial charge in [0.2, 0.25) is 0 Å². The first kappa shape index (κ1) is 19.8. The van der Waals surface area contributed by atoms with Crippen molar-refractivity contribution in [3.05, 3.63) is 69.6 Å². The predicted molar refractivity (Wildman–Crippen MR) is 105 cm³/mol. The molecule has 1 heterocycles. The summed E-state index contributed by atoms with van der Waals surface area (Å²) >= 11 is 0.987. The van der Waals surface area contributed by atoms with Gasteiger partial charge in [0.05, 0.1) is 27.3 Å². The lowest BCUT2D eigenvalue weighted by atomic mass is 10.1. The summed E-state index contributed by atoms with van der Waals surface area (Å²) < 4.78 is 0. The maximum absolute atomic E-state index is 12.1. The van der Waals surface area contributed by atoms with Gasteiger partial charge in [0, 0.05) is 0 Å². The van der Waals surface area contributed by atoms with Crippen LogP contribution in [0.2, 0.25) is 0 Å². The highest BCUT2D eigenvalue weighted by Gasteiger charge is 2.24. The summed E-state index contributed by atoms with van der Waals surface area (Å²) in [4.78, 5) is 49.8. The van der Waals surface area contributed by atoms with Crippen LogP contribution in [-0.2, 0) is 4.79 Å². The van der Waals surface area contributed by atoms with Crippen LogP contribution in [0.15, 0.2) is 52.4 Å². The van der Waals surface area contributed by atoms with Gasteiger partial charge in [0.15, 0.2) is 5.17 Å². The first-order chi connectivity index (χ1) is 13.7. The van der Waals surface area contributed by atoms with Gasteiger partial charge in [-0.15, -0.1) is 0 Å². The molecular weight excluding hydrogens is 400 g/mol. The lowest BCUT2D eigenvalue weighted by molar-refractivity contribution is -0.115. The van der Waals surface area contributed by atoms with Crippen LogP contribution in [0, 0.1) is 0 Å². The van der Waals surface area contributed by atoms with Crippen LogP contribution in [0.25, 0.3) is 6.08 Å². The summed E-state index contributed by atoms with van der Waals surface area (Å²) in [5.74, 6) is -4.11. The molecule has 0 saturated carbocycles. The van der Waals surface area contributed by atoms with E-state index in [0.29, 0.717) is 10.5 Å². The lowest BCUT2D eigenvalue weighted by Gasteiger charge is -2.02. The minimum Gasteiger partial charge on any atom is -0.478 e. The van der Waals surface area contributed by atoms with Gasteiger partial charge in [-0.25, -0.2) is 19.4 Å². The second kappa shape index (κ2) is 7.98. The molecule has 2 aromatic rings. The fraction of sp³-hybridized carbons (Fsp3) is 0. The first-order valence-electron chi connectivity index (χ1n) is 7.97. The van der Waals surface area contributed by atoms with Crippen molar-refractivity contribution in [1.82, 2.24) is 5.32 Å². The number of amidine groups is 1. The van der Waals surface area contributed by atoms with Gasteiger partial charge >= 0.3 is 17.9 Å². The number of carbonyl (C=O) groups excluding carboxylic acids is 1. The van der Waals surface area contributed by atoms with E-state index < -0.39 is 23.8 Å². The first-order valence-corrected chi connectivity index (χ1v) is 8.79. The van der Waals surface area contributed by atoms with Crippen molar-refractivity contribution in [2.24, 2.45) is 4.99 Å². The number of aromatic carboxylic acids is 3. The second-order valence-corrected chi connectivity index (χ2v) is 6.82. The number of carboxylic acid groups (broad SMARTS) is 3. The summed E-state index contributed by atoms with van der Waals surface area (Å²) in [6.07, 6.45) is 1.55. The second-order valence-electron chi connectivity index (χ2n) is 5.79. The monoisotopic (exact) mass is 412 g/mol. The summed E-state index contributed by atoms with van der Waals surface area (Å²) in [5, 5.41) is 29.8. The molecule has 1 aliphatic rings. The van der Waals surface area contributed by atoms with Crippen LogP contribution < -0.4 is 5.32 Å². The summed E-state index contributed by atoms with van der Waals surface area (Å²) in [6.45, 7) is 0. The van der Waals surface area contributed by atoms with Crippen LogP contribution in [0.1, 0.15) is 36.6 Å². The molecule has 146 valence electrons. The van der Waals surface area contributed by atoms with E-state index in [-0.39, 0.29) is 27.5 Å². The Labute approximate surface area is 167 Å². The molecule has 0 unspecified atom stereocenters. The molecule has 0 spiro atoms. The number of aliphatic imine (C=N–C) groups is 1. The molecular formula is C19H12N2O7S. The number of hydrogen-bond donors (Lipinski definition) is 4. The highest BCUT2D eigenvalue weighted by molar-refractivity contribution is 8.18. The number of nitrogens with zero attached hydrogens (tertiary/aromatic N) is 1. The molecule has 0 radical (unpaired) electrons. The van der Waals surface area contributed by atoms with Crippen molar-refractivity contribution in [3.63, 3.8) is 0 Å². The van der Waals surface area contributed by atoms with Gasteiger partial charge in [-0.3, -0.25) is 4.79 Å². The number of amides is 1. The molecule has 1 amide bonds. The molecule has 0 bridgehead atoms. The van der Waals surface area contributed by atoms with Crippen molar-refractivity contribution in [2.75, 3.05) is 0 Å². The molecule has 10 heteroatoms. The van der Waals surface area contributed by atoms with Gasteiger partial charge < -0.3 is 20.6 Å². The van der Waals surface area contributed by atoms with Gasteiger partial charge in [0.1, 0.15) is 0 Å². The Morgan fingerprint density at radius 3 is 1.93 bits per heavy atom. The fourth-order valence-electron chi connectivity index (χ4n) is 2.39. The maximum Gasteiger partial charge on any atom is 0.335 e. The largest absolute Gasteiger partial charge is 0.478 e. The average Bonchev–Trinajstić information content (AvgIpc) is 3.00. The van der Waals surface area contributed by atoms with Crippen LogP contribution >= 0.6 is 11.8 Å². The van der Waals surface area contributed by atoms with Crippen LogP contribution in [0.5, 0.6) is 0 Å². The van der Waals surface area contributed by atoms with E-state index in [9.17, 15) is 19.2 Å². The average molecular weight is 412 g/mol. The Morgan fingerprint density at radius 1 is 0.862 bits per heavy atom. The van der Waals surface area contributed by atoms with Crippen molar-refractivity contribution in [3.8, 4) is 0 Å². The normalized spacial score (nSPS) is 16.1. The number of carbonyl (C=O) groups is 4. The van der Waals surface area contributed by atoms with E-state index in [1.165, 1.54) is 24.3 Å². The number of nitrogens with one attached hydrogen (secondary N) is 1. The Hall–Kier alpha value is -3.92. The summed E-state index contributed by atoms with van der Waals surface area (Å²) in [5.41, 5.74) is 0.304. The molecule has 9 nitrogen and oxygen atoms in total. The van der Waals surface area contributed by atoms with E-state index in [1.54, 1.807) is 18.2 Å². The third kappa shape index (κ3) is 4.68. The molecule has 4 N–H and O–H groups in total. The minimum absolute atomic E-state index is 0.0668. The van der Waals surface area contributed by atoms with E-state index in [1.807, 2.05) is 0 Å². The Balaban J connectivity index is 1.88. The zero-order valence-electron chi connectivity index (χ0n) is 14.4. The summed E-state index contributed by atoms with van der Waals surface area (Å²) in [7, 11) is 0. The van der Waals surface area contributed by atoms with Gasteiger partial charge in [-0.1, -0.05) is 12.1 Å². The SMILES string of the molecule is O=C1NC(=Nc2cc(C(=O)O)cc(C(=O)O)c2)S/C1=C\c1ccc(C(=O)O)cc1. The Bertz CT molecular complexity index is 1070. The van der Waals surface area contributed by atoms with E-state index in [0.717, 1.165) is 17.8 Å². The maximum atomic E-state index is 12.1. The highest BCUT2D eigenvalue weighted by Crippen LogP contribution is 2.29. The van der Waals surface area contributed by atoms with Crippen molar-refractivity contribution < 1.29 is 34.5 Å². The van der Waals surface area contributed by atoms with E-state index >= 15 is 0 Å². The topological polar surface area (TPSA) is 153 Å². The number of thioether (sulfide) groups is 1. The Morgan fingerprint density at radius 2 is 1.41 bits per heavy atom. The van der Waals surface area contributed by atoms with Gasteiger partial charge in [-0.05, 0) is 53.7 Å². The molecule has 0 aliphatic carbocycles. The van der Waals surface area contributed by atoms with Crippen LogP contribution in [-0.4, -0.2) is 44.3 Å². The molecule has 0 atom stereocenters. The molecule has 1 aliphatic heterocycles. The number of rotatable bonds is 5. The fourth-order valence-corrected chi connectivity index (χ4v) is 3.24. The Kier molecular flexibility index (Phi) is 5.46. The number of hydrogen-bond acceptors (Lipinski definition) is 6. The van der Waals surface area contributed by atoms with E-state index in [4.69, 9.17) is 15.3 Å². The quantitative estimate of drug-likeness (QED) is 0.547. The minimum atomic E-state index is -1.30. The van der Waals surface area contributed by atoms with Crippen LogP contribution in [0.3, 0.4) is 0 Å². The molecule has 29 heavy (non-hydrogen) atoms. The third-order valence-corrected chi connectivity index (χ3v) is 4.66. The molecule has 1 saturated heterocycles. The van der Waals surface area contributed by atoms with Gasteiger partial charge in [0.25, 0.3) is 5.91 Å². The van der Waals surface area contributed by atoms with E-state index in [2.05, 4.69) is 10.3 Å².